The van der Waals surface area contributed by atoms with Crippen molar-refractivity contribution < 1.29 is 9.21 Å². The predicted molar refractivity (Wildman–Crippen MR) is 125 cm³/mol. The van der Waals surface area contributed by atoms with Crippen molar-refractivity contribution in [2.24, 2.45) is 4.99 Å². The van der Waals surface area contributed by atoms with Crippen LogP contribution in [0, 0.1) is 6.92 Å². The highest BCUT2D eigenvalue weighted by molar-refractivity contribution is 5.79. The van der Waals surface area contributed by atoms with Gasteiger partial charge in [0.1, 0.15) is 6.26 Å². The van der Waals surface area contributed by atoms with Crippen LogP contribution in [0.1, 0.15) is 35.2 Å². The zero-order valence-electron chi connectivity index (χ0n) is 18.6. The molecule has 1 aliphatic rings. The number of aryl methyl sites for hydroxylation is 1. The number of rotatable bonds is 7. The molecule has 7 heteroatoms. The first-order valence-corrected chi connectivity index (χ1v) is 10.9. The highest BCUT2D eigenvalue weighted by Crippen LogP contribution is 2.19. The molecule has 1 aliphatic heterocycles. The van der Waals surface area contributed by atoms with Crippen LogP contribution in [0.15, 0.2) is 64.2 Å². The van der Waals surface area contributed by atoms with Gasteiger partial charge in [0.05, 0.1) is 12.2 Å². The van der Waals surface area contributed by atoms with E-state index in [-0.39, 0.29) is 5.91 Å². The van der Waals surface area contributed by atoms with E-state index in [9.17, 15) is 4.79 Å². The third kappa shape index (κ3) is 5.55. The first kappa shape index (κ1) is 21.6. The molecule has 0 saturated carbocycles. The number of carbonyl (C=O) groups is 1. The number of hydrogen-bond donors (Lipinski definition) is 2. The van der Waals surface area contributed by atoms with Crippen LogP contribution in [-0.2, 0) is 24.4 Å². The molecule has 0 aliphatic carbocycles. The lowest BCUT2D eigenvalue weighted by atomic mass is 10.1. The van der Waals surface area contributed by atoms with Crippen LogP contribution >= 0.6 is 0 Å². The summed E-state index contributed by atoms with van der Waals surface area (Å²) in [5, 5.41) is 6.58. The van der Waals surface area contributed by atoms with E-state index in [0.717, 1.165) is 35.3 Å². The maximum absolute atomic E-state index is 11.8. The van der Waals surface area contributed by atoms with Gasteiger partial charge in [0, 0.05) is 38.7 Å². The van der Waals surface area contributed by atoms with Gasteiger partial charge in [-0.25, -0.2) is 4.98 Å². The molecule has 1 saturated heterocycles. The van der Waals surface area contributed by atoms with Gasteiger partial charge in [0.25, 0.3) is 0 Å². The second-order valence-corrected chi connectivity index (χ2v) is 8.02. The molecular formula is C25H29N5O2. The van der Waals surface area contributed by atoms with Crippen molar-refractivity contribution in [2.45, 2.75) is 39.4 Å². The predicted octanol–water partition coefficient (Wildman–Crippen LogP) is 3.64. The van der Waals surface area contributed by atoms with Crippen LogP contribution in [0.3, 0.4) is 0 Å². The van der Waals surface area contributed by atoms with Crippen LogP contribution in [0.25, 0.3) is 11.5 Å². The van der Waals surface area contributed by atoms with E-state index in [0.29, 0.717) is 37.9 Å². The molecule has 0 spiro atoms. The molecule has 0 radical (unpaired) electrons. The molecule has 1 amide bonds. The zero-order chi connectivity index (χ0) is 22.3. The Hall–Kier alpha value is -3.61. The number of aliphatic imine (C=N–C) groups is 1. The molecule has 0 atom stereocenters. The molecule has 1 fully saturated rings. The van der Waals surface area contributed by atoms with Crippen LogP contribution in [0.4, 0.5) is 0 Å². The molecule has 3 aromatic rings. The lowest BCUT2D eigenvalue weighted by Crippen LogP contribution is -2.36. The Balaban J connectivity index is 1.25. The lowest BCUT2D eigenvalue weighted by Gasteiger charge is -2.16. The molecule has 7 nitrogen and oxygen atoms in total. The summed E-state index contributed by atoms with van der Waals surface area (Å²) in [7, 11) is 1.74. The van der Waals surface area contributed by atoms with E-state index in [2.05, 4.69) is 51.8 Å². The minimum Gasteiger partial charge on any atom is -0.444 e. The Morgan fingerprint density at radius 1 is 1.06 bits per heavy atom. The van der Waals surface area contributed by atoms with E-state index in [1.54, 1.807) is 13.3 Å². The summed E-state index contributed by atoms with van der Waals surface area (Å²) in [5.74, 6) is 1.56. The van der Waals surface area contributed by atoms with Gasteiger partial charge >= 0.3 is 0 Å². The Morgan fingerprint density at radius 2 is 1.78 bits per heavy atom. The second-order valence-electron chi connectivity index (χ2n) is 8.02. The Labute approximate surface area is 188 Å². The first-order chi connectivity index (χ1) is 15.6. The van der Waals surface area contributed by atoms with Gasteiger partial charge in [0.15, 0.2) is 5.96 Å². The molecular weight excluding hydrogens is 402 g/mol. The number of carbonyl (C=O) groups excluding carboxylic acids is 1. The van der Waals surface area contributed by atoms with Gasteiger partial charge in [-0.05, 0) is 36.6 Å². The van der Waals surface area contributed by atoms with Crippen molar-refractivity contribution >= 4 is 11.9 Å². The maximum atomic E-state index is 11.8. The number of guanidine groups is 1. The molecule has 0 bridgehead atoms. The number of benzene rings is 2. The smallest absolute Gasteiger partial charge is 0.226 e. The van der Waals surface area contributed by atoms with Gasteiger partial charge in [-0.3, -0.25) is 9.79 Å². The molecule has 2 heterocycles. The quantitative estimate of drug-likeness (QED) is 0.441. The first-order valence-electron chi connectivity index (χ1n) is 10.9. The number of hydrogen-bond acceptors (Lipinski definition) is 4. The summed E-state index contributed by atoms with van der Waals surface area (Å²) in [5.41, 5.74) is 5.27. The lowest BCUT2D eigenvalue weighted by molar-refractivity contribution is -0.128. The highest BCUT2D eigenvalue weighted by Gasteiger charge is 2.19. The fourth-order valence-corrected chi connectivity index (χ4v) is 3.65. The van der Waals surface area contributed by atoms with Crippen LogP contribution in [0.2, 0.25) is 0 Å². The van der Waals surface area contributed by atoms with E-state index in [1.165, 1.54) is 5.56 Å². The molecule has 4 rings (SSSR count). The topological polar surface area (TPSA) is 82.8 Å². The minimum absolute atomic E-state index is 0.253. The number of oxazole rings is 1. The minimum atomic E-state index is 0.253. The number of nitrogens with zero attached hydrogens (tertiary/aromatic N) is 3. The van der Waals surface area contributed by atoms with Crippen LogP contribution < -0.4 is 10.6 Å². The van der Waals surface area contributed by atoms with E-state index < -0.39 is 0 Å². The fourth-order valence-electron chi connectivity index (χ4n) is 3.65. The number of nitrogens with one attached hydrogen (secondary N) is 2. The number of likely N-dealkylation sites (tertiary alicyclic amines) is 1. The van der Waals surface area contributed by atoms with Gasteiger partial charge in [-0.1, -0.05) is 42.0 Å². The Kier molecular flexibility index (Phi) is 6.84. The number of amides is 1. The molecule has 1 aromatic heterocycles. The molecule has 32 heavy (non-hydrogen) atoms. The third-order valence-corrected chi connectivity index (χ3v) is 5.54. The van der Waals surface area contributed by atoms with Crippen molar-refractivity contribution in [3.05, 3.63) is 77.2 Å². The Bertz CT molecular complexity index is 1070. The molecule has 0 unspecified atom stereocenters. The van der Waals surface area contributed by atoms with Gasteiger partial charge in [-0.15, -0.1) is 0 Å². The summed E-state index contributed by atoms with van der Waals surface area (Å²) >= 11 is 0. The maximum Gasteiger partial charge on any atom is 0.226 e. The molecule has 166 valence electrons. The average molecular weight is 432 g/mol. The summed E-state index contributed by atoms with van der Waals surface area (Å²) in [6.07, 6.45) is 3.31. The van der Waals surface area contributed by atoms with E-state index in [4.69, 9.17) is 4.42 Å². The average Bonchev–Trinajstić information content (AvgIpc) is 3.45. The summed E-state index contributed by atoms with van der Waals surface area (Å²) < 4.78 is 5.62. The third-order valence-electron chi connectivity index (χ3n) is 5.54. The van der Waals surface area contributed by atoms with Crippen LogP contribution in [0.5, 0.6) is 0 Å². The second kappa shape index (κ2) is 10.1. The van der Waals surface area contributed by atoms with Gasteiger partial charge < -0.3 is 20.0 Å². The SMILES string of the molecule is CN=C(NCc1ccc(CN2CCCC2=O)cc1)NCc1coc(-c2ccc(C)cc2)n1. The summed E-state index contributed by atoms with van der Waals surface area (Å²) in [6, 6.07) is 16.4. The fraction of sp³-hybridized carbons (Fsp3) is 0.320. The highest BCUT2D eigenvalue weighted by atomic mass is 16.3. The van der Waals surface area contributed by atoms with Crippen molar-refractivity contribution in [2.75, 3.05) is 13.6 Å². The largest absolute Gasteiger partial charge is 0.444 e. The number of aromatic nitrogens is 1. The Morgan fingerprint density at radius 3 is 2.47 bits per heavy atom. The molecule has 2 aromatic carbocycles. The van der Waals surface area contributed by atoms with Crippen molar-refractivity contribution in [1.82, 2.24) is 20.5 Å². The van der Waals surface area contributed by atoms with Crippen LogP contribution in [-0.4, -0.2) is 35.3 Å². The van der Waals surface area contributed by atoms with Crippen molar-refractivity contribution in [3.63, 3.8) is 0 Å². The normalized spacial score (nSPS) is 14.1. The zero-order valence-corrected chi connectivity index (χ0v) is 18.6. The standard InChI is InChI=1S/C25H29N5O2/c1-18-5-11-21(12-6-18)24-29-22(17-32-24)15-28-25(26-2)27-14-19-7-9-20(10-8-19)16-30-13-3-4-23(30)31/h5-12,17H,3-4,13-16H2,1-2H3,(H2,26,27,28). The monoisotopic (exact) mass is 431 g/mol. The summed E-state index contributed by atoms with van der Waals surface area (Å²) in [6.45, 7) is 4.77. The van der Waals surface area contributed by atoms with E-state index in [1.807, 2.05) is 29.2 Å². The van der Waals surface area contributed by atoms with E-state index >= 15 is 0 Å². The van der Waals surface area contributed by atoms with Gasteiger partial charge in [0.2, 0.25) is 11.8 Å². The van der Waals surface area contributed by atoms with Crippen molar-refractivity contribution in [3.8, 4) is 11.5 Å². The van der Waals surface area contributed by atoms with Gasteiger partial charge in [-0.2, -0.15) is 0 Å². The molecule has 2 N–H and O–H groups in total. The van der Waals surface area contributed by atoms with Crippen molar-refractivity contribution in [1.29, 1.82) is 0 Å². The summed E-state index contributed by atoms with van der Waals surface area (Å²) in [4.78, 5) is 22.5.